The van der Waals surface area contributed by atoms with Gasteiger partial charge in [-0.2, -0.15) is 0 Å². The predicted octanol–water partition coefficient (Wildman–Crippen LogP) is 2.73. The Morgan fingerprint density at radius 1 is 1.20 bits per heavy atom. The Kier molecular flexibility index (Phi) is 3.95. The molecular formula is C12H14ClNO. The summed E-state index contributed by atoms with van der Waals surface area (Å²) in [6, 6.07) is 12.2. The summed E-state index contributed by atoms with van der Waals surface area (Å²) in [5.41, 5.74) is 6.71. The van der Waals surface area contributed by atoms with Crippen LogP contribution < -0.4 is 10.5 Å². The Balaban J connectivity index is 0.00000112. The summed E-state index contributed by atoms with van der Waals surface area (Å²) in [4.78, 5) is 0. The molecule has 0 aliphatic rings. The molecule has 3 heteroatoms. The molecule has 15 heavy (non-hydrogen) atoms. The standard InChI is InChI=1S/C12H13NO.ClH/c1-14-12-7-9(8-13)6-10-4-2-3-5-11(10)12;/h2-7H,8,13H2,1H3;1H. The zero-order valence-electron chi connectivity index (χ0n) is 8.57. The molecule has 0 radical (unpaired) electrons. The van der Waals surface area contributed by atoms with Crippen molar-refractivity contribution in [3.05, 3.63) is 42.0 Å². The zero-order valence-corrected chi connectivity index (χ0v) is 9.38. The number of benzene rings is 2. The fourth-order valence-corrected chi connectivity index (χ4v) is 1.62. The van der Waals surface area contributed by atoms with E-state index in [9.17, 15) is 0 Å². The molecule has 0 aliphatic carbocycles. The molecule has 0 atom stereocenters. The van der Waals surface area contributed by atoms with Crippen molar-refractivity contribution < 1.29 is 4.74 Å². The third-order valence-corrected chi connectivity index (χ3v) is 2.34. The van der Waals surface area contributed by atoms with Gasteiger partial charge in [-0.1, -0.05) is 24.3 Å². The second-order valence-corrected chi connectivity index (χ2v) is 3.22. The minimum atomic E-state index is 0. The van der Waals surface area contributed by atoms with Gasteiger partial charge in [-0.05, 0) is 23.1 Å². The first kappa shape index (κ1) is 11.8. The molecule has 0 bridgehead atoms. The van der Waals surface area contributed by atoms with Gasteiger partial charge in [0.2, 0.25) is 0 Å². The van der Waals surface area contributed by atoms with Crippen LogP contribution in [0.1, 0.15) is 5.56 Å². The molecule has 0 heterocycles. The fourth-order valence-electron chi connectivity index (χ4n) is 1.62. The van der Waals surface area contributed by atoms with Crippen molar-refractivity contribution in [3.63, 3.8) is 0 Å². The largest absolute Gasteiger partial charge is 0.496 e. The highest BCUT2D eigenvalue weighted by atomic mass is 35.5. The fraction of sp³-hybridized carbons (Fsp3) is 0.167. The van der Waals surface area contributed by atoms with E-state index < -0.39 is 0 Å². The van der Waals surface area contributed by atoms with Gasteiger partial charge in [-0.25, -0.2) is 0 Å². The van der Waals surface area contributed by atoms with Gasteiger partial charge in [0.15, 0.2) is 0 Å². The van der Waals surface area contributed by atoms with Crippen molar-refractivity contribution in [1.82, 2.24) is 0 Å². The maximum absolute atomic E-state index is 5.61. The van der Waals surface area contributed by atoms with Gasteiger partial charge in [0.25, 0.3) is 0 Å². The van der Waals surface area contributed by atoms with Crippen LogP contribution in [-0.2, 0) is 6.54 Å². The Morgan fingerprint density at radius 3 is 2.60 bits per heavy atom. The first-order valence-electron chi connectivity index (χ1n) is 4.61. The Bertz CT molecular complexity index is 456. The van der Waals surface area contributed by atoms with Crippen LogP contribution in [0.5, 0.6) is 5.75 Å². The minimum absolute atomic E-state index is 0. The highest BCUT2D eigenvalue weighted by Crippen LogP contribution is 2.26. The Morgan fingerprint density at radius 2 is 1.93 bits per heavy atom. The molecule has 0 spiro atoms. The molecule has 0 unspecified atom stereocenters. The summed E-state index contributed by atoms with van der Waals surface area (Å²) in [5.74, 6) is 0.892. The van der Waals surface area contributed by atoms with Crippen LogP contribution in [0.15, 0.2) is 36.4 Å². The number of methoxy groups -OCH3 is 1. The molecule has 2 N–H and O–H groups in total. The minimum Gasteiger partial charge on any atom is -0.496 e. The van der Waals surface area contributed by atoms with Crippen LogP contribution in [0.25, 0.3) is 10.8 Å². The summed E-state index contributed by atoms with van der Waals surface area (Å²) in [6.45, 7) is 0.543. The molecule has 0 saturated carbocycles. The van der Waals surface area contributed by atoms with Crippen molar-refractivity contribution >= 4 is 23.2 Å². The smallest absolute Gasteiger partial charge is 0.127 e. The molecule has 2 rings (SSSR count). The van der Waals surface area contributed by atoms with Crippen LogP contribution in [-0.4, -0.2) is 7.11 Å². The van der Waals surface area contributed by atoms with Gasteiger partial charge >= 0.3 is 0 Å². The van der Waals surface area contributed by atoms with Crippen LogP contribution in [0.3, 0.4) is 0 Å². The lowest BCUT2D eigenvalue weighted by molar-refractivity contribution is 0.419. The summed E-state index contributed by atoms with van der Waals surface area (Å²) < 4.78 is 5.31. The highest BCUT2D eigenvalue weighted by Gasteiger charge is 2.02. The number of hydrogen-bond acceptors (Lipinski definition) is 2. The van der Waals surface area contributed by atoms with E-state index in [1.165, 1.54) is 5.39 Å². The third-order valence-electron chi connectivity index (χ3n) is 2.34. The van der Waals surface area contributed by atoms with E-state index in [1.807, 2.05) is 18.2 Å². The van der Waals surface area contributed by atoms with Crippen molar-refractivity contribution in [2.75, 3.05) is 7.11 Å². The van der Waals surface area contributed by atoms with Crippen molar-refractivity contribution in [1.29, 1.82) is 0 Å². The highest BCUT2D eigenvalue weighted by molar-refractivity contribution is 5.89. The number of rotatable bonds is 2. The first-order chi connectivity index (χ1) is 6.85. The Labute approximate surface area is 95.4 Å². The number of fused-ring (bicyclic) bond motifs is 1. The molecule has 0 saturated heterocycles. The van der Waals surface area contributed by atoms with Gasteiger partial charge in [0, 0.05) is 11.9 Å². The van der Waals surface area contributed by atoms with E-state index in [0.29, 0.717) is 6.54 Å². The molecule has 0 amide bonds. The summed E-state index contributed by atoms with van der Waals surface area (Å²) >= 11 is 0. The van der Waals surface area contributed by atoms with Crippen molar-refractivity contribution in [2.24, 2.45) is 5.73 Å². The normalized spacial score (nSPS) is 9.73. The lowest BCUT2D eigenvalue weighted by Crippen LogP contribution is -1.97. The van der Waals surface area contributed by atoms with Crippen LogP contribution in [0.4, 0.5) is 0 Å². The monoisotopic (exact) mass is 223 g/mol. The molecular weight excluding hydrogens is 210 g/mol. The molecule has 2 aromatic rings. The number of nitrogens with two attached hydrogens (primary N) is 1. The van der Waals surface area contributed by atoms with Gasteiger partial charge in [-0.15, -0.1) is 12.4 Å². The van der Waals surface area contributed by atoms with E-state index in [-0.39, 0.29) is 12.4 Å². The molecule has 2 aromatic carbocycles. The average Bonchev–Trinajstić information content (AvgIpc) is 2.27. The van der Waals surface area contributed by atoms with Gasteiger partial charge in [0.1, 0.15) is 5.75 Å². The molecule has 0 aliphatic heterocycles. The maximum atomic E-state index is 5.61. The number of halogens is 1. The van der Waals surface area contributed by atoms with E-state index in [2.05, 4.69) is 18.2 Å². The quantitative estimate of drug-likeness (QED) is 0.850. The lowest BCUT2D eigenvalue weighted by Gasteiger charge is -2.07. The first-order valence-corrected chi connectivity index (χ1v) is 4.61. The van der Waals surface area contributed by atoms with Crippen molar-refractivity contribution in [3.8, 4) is 5.75 Å². The number of hydrogen-bond donors (Lipinski definition) is 1. The van der Waals surface area contributed by atoms with Crippen LogP contribution >= 0.6 is 12.4 Å². The van der Waals surface area contributed by atoms with E-state index in [4.69, 9.17) is 10.5 Å². The summed E-state index contributed by atoms with van der Waals surface area (Å²) in [5, 5.41) is 2.31. The molecule has 0 aromatic heterocycles. The van der Waals surface area contributed by atoms with Crippen LogP contribution in [0.2, 0.25) is 0 Å². The van der Waals surface area contributed by atoms with Crippen molar-refractivity contribution in [2.45, 2.75) is 6.54 Å². The van der Waals surface area contributed by atoms with E-state index >= 15 is 0 Å². The lowest BCUT2D eigenvalue weighted by atomic mass is 10.1. The predicted molar refractivity (Wildman–Crippen MR) is 65.6 cm³/mol. The number of ether oxygens (including phenoxy) is 1. The van der Waals surface area contributed by atoms with Crippen LogP contribution in [0, 0.1) is 0 Å². The molecule has 2 nitrogen and oxygen atoms in total. The Hall–Kier alpha value is -1.25. The summed E-state index contributed by atoms with van der Waals surface area (Å²) in [7, 11) is 1.68. The third kappa shape index (κ3) is 2.22. The molecule has 80 valence electrons. The van der Waals surface area contributed by atoms with Gasteiger partial charge in [0.05, 0.1) is 7.11 Å². The van der Waals surface area contributed by atoms with Gasteiger partial charge in [-0.3, -0.25) is 0 Å². The van der Waals surface area contributed by atoms with E-state index in [0.717, 1.165) is 16.7 Å². The topological polar surface area (TPSA) is 35.2 Å². The SMILES string of the molecule is COc1cc(CN)cc2ccccc12.Cl. The van der Waals surface area contributed by atoms with E-state index in [1.54, 1.807) is 7.11 Å². The maximum Gasteiger partial charge on any atom is 0.127 e. The second kappa shape index (κ2) is 5.01. The molecule has 0 fully saturated rings. The average molecular weight is 224 g/mol. The second-order valence-electron chi connectivity index (χ2n) is 3.22. The van der Waals surface area contributed by atoms with Gasteiger partial charge < -0.3 is 10.5 Å². The zero-order chi connectivity index (χ0) is 9.97. The summed E-state index contributed by atoms with van der Waals surface area (Å²) in [6.07, 6.45) is 0.